The largest absolute Gasteiger partial charge is 0.347 e. The van der Waals surface area contributed by atoms with Crippen LogP contribution in [0.25, 0.3) is 0 Å². The van der Waals surface area contributed by atoms with E-state index in [1.807, 2.05) is 0 Å². The Balaban J connectivity index is 2.04. The van der Waals surface area contributed by atoms with Crippen LogP contribution in [0.3, 0.4) is 0 Å². The first-order valence-corrected chi connectivity index (χ1v) is 10.3. The van der Waals surface area contributed by atoms with Gasteiger partial charge in [-0.3, -0.25) is 31.0 Å². The number of carbonyl (C=O) groups is 3. The number of hydrogen-bond acceptors (Lipinski definition) is 7. The molecule has 162 valence electrons. The van der Waals surface area contributed by atoms with Crippen LogP contribution in [0.2, 0.25) is 5.02 Å². The van der Waals surface area contributed by atoms with Crippen molar-refractivity contribution in [3.05, 3.63) is 28.8 Å². The maximum Gasteiger partial charge on any atom is 0.265 e. The van der Waals surface area contributed by atoms with Crippen molar-refractivity contribution in [3.63, 3.8) is 0 Å². The van der Waals surface area contributed by atoms with Crippen LogP contribution >= 0.6 is 11.6 Å². The van der Waals surface area contributed by atoms with Crippen molar-refractivity contribution in [2.24, 2.45) is 17.4 Å². The summed E-state index contributed by atoms with van der Waals surface area (Å²) in [6.45, 7) is 0. The molecule has 2 fully saturated rings. The van der Waals surface area contributed by atoms with Gasteiger partial charge in [-0.15, -0.1) is 0 Å². The number of fused-ring (bicyclic) bond motifs is 3. The molecular formula is C19H26ClN7O3. The second-order valence-corrected chi connectivity index (χ2v) is 8.62. The lowest BCUT2D eigenvalue weighted by molar-refractivity contribution is -0.141. The third-order valence-electron chi connectivity index (χ3n) is 6.97. The summed E-state index contributed by atoms with van der Waals surface area (Å²) in [6.07, 6.45) is 4.30. The number of benzene rings is 1. The second kappa shape index (κ2) is 7.09. The molecule has 11 heteroatoms. The van der Waals surface area contributed by atoms with Gasteiger partial charge >= 0.3 is 0 Å². The number of carbonyl (C=O) groups excluding carboxylic acids is 3. The number of nitrogens with two attached hydrogens (primary N) is 3. The van der Waals surface area contributed by atoms with Gasteiger partial charge in [0.2, 0.25) is 0 Å². The fraction of sp³-hybridized carbons (Fsp3) is 0.526. The minimum atomic E-state index is -1.88. The minimum Gasteiger partial charge on any atom is -0.347 e. The molecule has 1 aliphatic carbocycles. The summed E-state index contributed by atoms with van der Waals surface area (Å²) in [5.74, 6) is 9.14. The number of halogens is 1. The molecule has 2 heterocycles. The van der Waals surface area contributed by atoms with Crippen LogP contribution in [0, 0.1) is 0 Å². The van der Waals surface area contributed by atoms with Crippen molar-refractivity contribution in [1.29, 1.82) is 0 Å². The lowest BCUT2D eigenvalue weighted by Gasteiger charge is -2.39. The molecule has 30 heavy (non-hydrogen) atoms. The highest BCUT2D eigenvalue weighted by molar-refractivity contribution is 6.31. The third kappa shape index (κ3) is 2.33. The molecule has 8 N–H and O–H groups in total. The topological polar surface area (TPSA) is 160 Å². The van der Waals surface area contributed by atoms with Gasteiger partial charge in [0.25, 0.3) is 17.7 Å². The standard InChI is InChI=1S/C19H26ClN7O3/c1-26-13-8-7-10(20)9-12(13)18(16(29)25-23)14(15(28)24-22)27(17(30)19(18,26)21)11-5-3-2-4-6-11/h7-9,11,14H,2-6,21-23H2,1H3,(H,24,28)(H,25,29)/t14-,18+,19+/m1/s1. The maximum absolute atomic E-state index is 13.9. The highest BCUT2D eigenvalue weighted by Crippen LogP contribution is 2.58. The van der Waals surface area contributed by atoms with Crippen LogP contribution in [0.5, 0.6) is 0 Å². The van der Waals surface area contributed by atoms with Crippen LogP contribution < -0.4 is 33.2 Å². The summed E-state index contributed by atoms with van der Waals surface area (Å²) in [5, 5.41) is 0.339. The Morgan fingerprint density at radius 3 is 2.43 bits per heavy atom. The van der Waals surface area contributed by atoms with E-state index >= 15 is 0 Å². The number of amides is 3. The molecule has 0 bridgehead atoms. The van der Waals surface area contributed by atoms with Crippen molar-refractivity contribution in [3.8, 4) is 0 Å². The number of hydrogen-bond donors (Lipinski definition) is 5. The highest BCUT2D eigenvalue weighted by atomic mass is 35.5. The predicted octanol–water partition coefficient (Wildman–Crippen LogP) is -0.794. The number of nitrogens with zero attached hydrogens (tertiary/aromatic N) is 2. The zero-order chi connectivity index (χ0) is 21.8. The van der Waals surface area contributed by atoms with Crippen LogP contribution in [-0.2, 0) is 19.8 Å². The Bertz CT molecular complexity index is 921. The van der Waals surface area contributed by atoms with Crippen molar-refractivity contribution >= 4 is 35.0 Å². The molecule has 1 saturated carbocycles. The van der Waals surface area contributed by atoms with Gasteiger partial charge in [-0.05, 0) is 36.6 Å². The van der Waals surface area contributed by atoms with E-state index in [2.05, 4.69) is 10.9 Å². The SMILES string of the molecule is CN1c2ccc(Cl)cc2[C@@]2(C(=O)NN)[C@@H](C(=O)NN)N(C3CCCCC3)C(=O)[C@]12N. The first-order chi connectivity index (χ1) is 14.3. The molecular weight excluding hydrogens is 410 g/mol. The molecule has 3 aliphatic rings. The normalized spacial score (nSPS) is 30.8. The van der Waals surface area contributed by atoms with E-state index in [0.717, 1.165) is 19.3 Å². The molecule has 10 nitrogen and oxygen atoms in total. The lowest BCUT2D eigenvalue weighted by Crippen LogP contribution is -2.73. The number of nitrogens with one attached hydrogen (secondary N) is 2. The van der Waals surface area contributed by atoms with E-state index in [4.69, 9.17) is 29.0 Å². The zero-order valence-corrected chi connectivity index (χ0v) is 17.4. The van der Waals surface area contributed by atoms with E-state index in [1.165, 1.54) is 9.80 Å². The summed E-state index contributed by atoms with van der Waals surface area (Å²) in [4.78, 5) is 43.5. The van der Waals surface area contributed by atoms with Gasteiger partial charge in [0.15, 0.2) is 11.1 Å². The number of likely N-dealkylation sites (tertiary alicyclic amines) is 1. The van der Waals surface area contributed by atoms with Crippen LogP contribution in [0.4, 0.5) is 5.69 Å². The van der Waals surface area contributed by atoms with E-state index in [1.54, 1.807) is 25.2 Å². The minimum absolute atomic E-state index is 0.238. The molecule has 2 aliphatic heterocycles. The van der Waals surface area contributed by atoms with Crippen molar-refractivity contribution in [2.45, 2.75) is 55.3 Å². The number of anilines is 1. The van der Waals surface area contributed by atoms with Crippen LogP contribution in [0.1, 0.15) is 37.7 Å². The Labute approximate surface area is 179 Å². The second-order valence-electron chi connectivity index (χ2n) is 8.18. The molecule has 3 atom stereocenters. The van der Waals surface area contributed by atoms with Gasteiger partial charge in [-0.2, -0.15) is 0 Å². The monoisotopic (exact) mass is 435 g/mol. The average molecular weight is 436 g/mol. The smallest absolute Gasteiger partial charge is 0.265 e. The zero-order valence-electron chi connectivity index (χ0n) is 16.7. The fourth-order valence-electron chi connectivity index (χ4n) is 5.64. The molecule has 3 amide bonds. The number of likely N-dealkylation sites (N-methyl/N-ethyl adjacent to an activating group) is 1. The maximum atomic E-state index is 13.9. The molecule has 1 aromatic rings. The molecule has 0 radical (unpaired) electrons. The van der Waals surface area contributed by atoms with Crippen molar-refractivity contribution < 1.29 is 14.4 Å². The summed E-state index contributed by atoms with van der Waals surface area (Å²) < 4.78 is 0. The summed E-state index contributed by atoms with van der Waals surface area (Å²) in [7, 11) is 1.62. The number of hydrazine groups is 2. The van der Waals surface area contributed by atoms with E-state index in [9.17, 15) is 14.4 Å². The first kappa shape index (κ1) is 20.9. The third-order valence-corrected chi connectivity index (χ3v) is 7.21. The van der Waals surface area contributed by atoms with E-state index in [0.29, 0.717) is 29.1 Å². The average Bonchev–Trinajstić information content (AvgIpc) is 3.09. The summed E-state index contributed by atoms with van der Waals surface area (Å²) >= 11 is 6.25. The van der Waals surface area contributed by atoms with Gasteiger partial charge in [-0.1, -0.05) is 30.9 Å². The Morgan fingerprint density at radius 1 is 1.17 bits per heavy atom. The fourth-order valence-corrected chi connectivity index (χ4v) is 5.81. The van der Waals surface area contributed by atoms with Gasteiger partial charge < -0.3 is 9.80 Å². The van der Waals surface area contributed by atoms with E-state index in [-0.39, 0.29) is 6.04 Å². The molecule has 1 aromatic carbocycles. The predicted molar refractivity (Wildman–Crippen MR) is 111 cm³/mol. The number of rotatable bonds is 3. The molecule has 1 saturated heterocycles. The quantitative estimate of drug-likeness (QED) is 0.236. The lowest BCUT2D eigenvalue weighted by atomic mass is 9.68. The van der Waals surface area contributed by atoms with Gasteiger partial charge in [0.05, 0.1) is 0 Å². The van der Waals surface area contributed by atoms with Gasteiger partial charge in [0, 0.05) is 23.8 Å². The van der Waals surface area contributed by atoms with Crippen molar-refractivity contribution in [2.75, 3.05) is 11.9 Å². The van der Waals surface area contributed by atoms with E-state index < -0.39 is 34.8 Å². The molecule has 4 rings (SSSR count). The Hall–Kier alpha value is -2.40. The highest BCUT2D eigenvalue weighted by Gasteiger charge is 2.79. The first-order valence-electron chi connectivity index (χ1n) is 9.93. The molecule has 0 aromatic heterocycles. The molecule has 0 unspecified atom stereocenters. The summed E-state index contributed by atoms with van der Waals surface area (Å²) in [5.41, 5.74) is 8.24. The molecule has 0 spiro atoms. The van der Waals surface area contributed by atoms with Crippen LogP contribution in [0.15, 0.2) is 18.2 Å². The van der Waals surface area contributed by atoms with Gasteiger partial charge in [-0.25, -0.2) is 11.7 Å². The Kier molecular flexibility index (Phi) is 4.93. The van der Waals surface area contributed by atoms with Crippen LogP contribution in [-0.4, -0.2) is 47.4 Å². The van der Waals surface area contributed by atoms with Gasteiger partial charge in [0.1, 0.15) is 6.04 Å². The Morgan fingerprint density at radius 2 is 1.83 bits per heavy atom. The van der Waals surface area contributed by atoms with Crippen molar-refractivity contribution in [1.82, 2.24) is 15.8 Å². The summed E-state index contributed by atoms with van der Waals surface area (Å²) in [6, 6.07) is 3.35.